The summed E-state index contributed by atoms with van der Waals surface area (Å²) in [6, 6.07) is 3.80. The SMILES string of the molecule is C=CCn1c(-c2cccnc2)nn(CN(C)CC(=O)NCCC)c1=S. The summed E-state index contributed by atoms with van der Waals surface area (Å²) in [5.74, 6) is 0.732. The van der Waals surface area contributed by atoms with Gasteiger partial charge >= 0.3 is 0 Å². The van der Waals surface area contributed by atoms with Crippen LogP contribution in [-0.4, -0.2) is 50.3 Å². The Balaban J connectivity index is 2.20. The fraction of sp³-hybridized carbons (Fsp3) is 0.412. The molecule has 0 atom stereocenters. The number of allylic oxidation sites excluding steroid dienone is 1. The van der Waals surface area contributed by atoms with Crippen LogP contribution in [0.3, 0.4) is 0 Å². The zero-order valence-corrected chi connectivity index (χ0v) is 15.5. The fourth-order valence-electron chi connectivity index (χ4n) is 2.38. The van der Waals surface area contributed by atoms with Gasteiger partial charge in [-0.25, -0.2) is 4.68 Å². The predicted molar refractivity (Wildman–Crippen MR) is 100 cm³/mol. The highest BCUT2D eigenvalue weighted by molar-refractivity contribution is 7.71. The molecule has 0 saturated heterocycles. The van der Waals surface area contributed by atoms with E-state index in [2.05, 4.69) is 22.0 Å². The van der Waals surface area contributed by atoms with Crippen LogP contribution in [0, 0.1) is 4.77 Å². The lowest BCUT2D eigenvalue weighted by Gasteiger charge is -2.15. The first-order valence-corrected chi connectivity index (χ1v) is 8.61. The lowest BCUT2D eigenvalue weighted by Crippen LogP contribution is -2.36. The van der Waals surface area contributed by atoms with E-state index in [0.717, 1.165) is 17.8 Å². The van der Waals surface area contributed by atoms with Gasteiger partial charge in [0.25, 0.3) is 0 Å². The van der Waals surface area contributed by atoms with E-state index >= 15 is 0 Å². The molecule has 0 fully saturated rings. The maximum atomic E-state index is 11.8. The predicted octanol–water partition coefficient (Wildman–Crippen LogP) is 2.08. The third-order valence-electron chi connectivity index (χ3n) is 3.52. The maximum absolute atomic E-state index is 11.8. The van der Waals surface area contributed by atoms with Gasteiger partial charge in [-0.15, -0.1) is 6.58 Å². The van der Waals surface area contributed by atoms with Crippen molar-refractivity contribution in [1.29, 1.82) is 0 Å². The molecule has 1 N–H and O–H groups in total. The number of amides is 1. The lowest BCUT2D eigenvalue weighted by molar-refractivity contribution is -0.122. The van der Waals surface area contributed by atoms with Crippen LogP contribution in [0.5, 0.6) is 0 Å². The molecule has 1 amide bonds. The summed E-state index contributed by atoms with van der Waals surface area (Å²) in [7, 11) is 1.86. The first kappa shape index (κ1) is 19.0. The van der Waals surface area contributed by atoms with E-state index < -0.39 is 0 Å². The summed E-state index contributed by atoms with van der Waals surface area (Å²) in [6.07, 6.45) is 6.17. The Morgan fingerprint density at radius 2 is 2.32 bits per heavy atom. The second-order valence-electron chi connectivity index (χ2n) is 5.75. The van der Waals surface area contributed by atoms with Crippen molar-refractivity contribution in [2.24, 2.45) is 0 Å². The first-order chi connectivity index (χ1) is 12.1. The molecule has 2 aromatic heterocycles. The minimum atomic E-state index is -0.00567. The molecule has 0 unspecified atom stereocenters. The Kier molecular flexibility index (Phi) is 7.03. The normalized spacial score (nSPS) is 10.8. The van der Waals surface area contributed by atoms with Crippen LogP contribution in [0.4, 0.5) is 0 Å². The zero-order chi connectivity index (χ0) is 18.2. The van der Waals surface area contributed by atoms with Gasteiger partial charge in [-0.1, -0.05) is 13.0 Å². The molecular weight excluding hydrogens is 336 g/mol. The van der Waals surface area contributed by atoms with Gasteiger partial charge in [0.15, 0.2) is 10.6 Å². The molecule has 7 nitrogen and oxygen atoms in total. The highest BCUT2D eigenvalue weighted by Crippen LogP contribution is 2.17. The minimum Gasteiger partial charge on any atom is -0.355 e. The molecule has 134 valence electrons. The number of rotatable bonds is 9. The molecule has 2 rings (SSSR count). The van der Waals surface area contributed by atoms with Crippen molar-refractivity contribution in [3.8, 4) is 11.4 Å². The van der Waals surface area contributed by atoms with Crippen LogP contribution >= 0.6 is 12.2 Å². The monoisotopic (exact) mass is 360 g/mol. The average Bonchev–Trinajstić information content (AvgIpc) is 2.90. The van der Waals surface area contributed by atoms with E-state index in [9.17, 15) is 4.79 Å². The van der Waals surface area contributed by atoms with Crippen molar-refractivity contribution < 1.29 is 4.79 Å². The van der Waals surface area contributed by atoms with Gasteiger partial charge in [-0.05, 0) is 37.8 Å². The maximum Gasteiger partial charge on any atom is 0.234 e. The number of pyridine rings is 1. The summed E-state index contributed by atoms with van der Waals surface area (Å²) < 4.78 is 4.21. The van der Waals surface area contributed by atoms with Crippen LogP contribution in [-0.2, 0) is 18.0 Å². The highest BCUT2D eigenvalue weighted by atomic mass is 32.1. The summed E-state index contributed by atoms with van der Waals surface area (Å²) in [4.78, 5) is 17.9. The number of hydrogen-bond donors (Lipinski definition) is 1. The van der Waals surface area contributed by atoms with Crippen molar-refractivity contribution >= 4 is 18.1 Å². The number of nitrogens with zero attached hydrogens (tertiary/aromatic N) is 5. The van der Waals surface area contributed by atoms with Gasteiger partial charge in [0.05, 0.1) is 13.2 Å². The summed E-state index contributed by atoms with van der Waals surface area (Å²) in [5.41, 5.74) is 0.887. The van der Waals surface area contributed by atoms with E-state index in [1.54, 1.807) is 23.2 Å². The Labute approximate surface area is 153 Å². The Bertz CT molecular complexity index is 767. The second-order valence-corrected chi connectivity index (χ2v) is 6.12. The molecule has 0 aliphatic rings. The van der Waals surface area contributed by atoms with Crippen LogP contribution in [0.15, 0.2) is 37.2 Å². The van der Waals surface area contributed by atoms with Gasteiger partial charge in [0.2, 0.25) is 5.91 Å². The number of carbonyl (C=O) groups excluding carboxylic acids is 1. The number of nitrogens with one attached hydrogen (secondary N) is 1. The summed E-state index contributed by atoms with van der Waals surface area (Å²) in [6.45, 7) is 7.77. The second kappa shape index (κ2) is 9.24. The Hall–Kier alpha value is -2.32. The highest BCUT2D eigenvalue weighted by Gasteiger charge is 2.14. The topological polar surface area (TPSA) is 68.0 Å². The van der Waals surface area contributed by atoms with Crippen molar-refractivity contribution in [3.05, 3.63) is 42.0 Å². The standard InChI is InChI=1S/C17H24N6OS/c1-4-8-19-15(24)12-21(3)13-23-17(25)22(10-5-2)16(20-23)14-7-6-9-18-11-14/h5-7,9,11H,2,4,8,10,12-13H2,1,3H3,(H,19,24). The van der Waals surface area contributed by atoms with Crippen molar-refractivity contribution in [2.45, 2.75) is 26.6 Å². The minimum absolute atomic E-state index is 0.00567. The van der Waals surface area contributed by atoms with Crippen LogP contribution in [0.2, 0.25) is 0 Å². The Morgan fingerprint density at radius 3 is 2.96 bits per heavy atom. The van der Waals surface area contributed by atoms with E-state index in [1.165, 1.54) is 0 Å². The lowest BCUT2D eigenvalue weighted by atomic mass is 10.3. The molecule has 2 heterocycles. The van der Waals surface area contributed by atoms with Crippen molar-refractivity contribution in [2.75, 3.05) is 20.1 Å². The summed E-state index contributed by atoms with van der Waals surface area (Å²) >= 11 is 5.55. The number of aromatic nitrogens is 4. The summed E-state index contributed by atoms with van der Waals surface area (Å²) in [5, 5.41) is 7.49. The molecule has 2 aromatic rings. The fourth-order valence-corrected chi connectivity index (χ4v) is 2.64. The van der Waals surface area contributed by atoms with E-state index in [1.807, 2.05) is 35.6 Å². The largest absolute Gasteiger partial charge is 0.355 e. The number of likely N-dealkylation sites (N-methyl/N-ethyl adjacent to an activating group) is 1. The van der Waals surface area contributed by atoms with Crippen LogP contribution < -0.4 is 5.32 Å². The molecule has 0 aromatic carbocycles. The molecule has 25 heavy (non-hydrogen) atoms. The average molecular weight is 360 g/mol. The van der Waals surface area contributed by atoms with Gasteiger partial charge in [-0.3, -0.25) is 19.2 Å². The van der Waals surface area contributed by atoms with Gasteiger partial charge < -0.3 is 5.32 Å². The third-order valence-corrected chi connectivity index (χ3v) is 3.95. The first-order valence-electron chi connectivity index (χ1n) is 8.21. The quantitative estimate of drug-likeness (QED) is 0.548. The van der Waals surface area contributed by atoms with Crippen LogP contribution in [0.1, 0.15) is 13.3 Å². The van der Waals surface area contributed by atoms with E-state index in [0.29, 0.717) is 24.5 Å². The molecule has 0 radical (unpaired) electrons. The molecule has 0 saturated carbocycles. The molecular formula is C17H24N6OS. The van der Waals surface area contributed by atoms with Gasteiger partial charge in [0.1, 0.15) is 0 Å². The molecule has 0 aliphatic heterocycles. The van der Waals surface area contributed by atoms with Crippen molar-refractivity contribution in [1.82, 2.24) is 29.5 Å². The van der Waals surface area contributed by atoms with Gasteiger partial charge in [0, 0.05) is 31.0 Å². The zero-order valence-electron chi connectivity index (χ0n) is 14.7. The van der Waals surface area contributed by atoms with Gasteiger partial charge in [-0.2, -0.15) is 5.10 Å². The van der Waals surface area contributed by atoms with Crippen LogP contribution in [0.25, 0.3) is 11.4 Å². The molecule has 0 bridgehead atoms. The van der Waals surface area contributed by atoms with E-state index in [4.69, 9.17) is 12.2 Å². The smallest absolute Gasteiger partial charge is 0.234 e. The molecule has 0 spiro atoms. The molecule has 8 heteroatoms. The number of carbonyl (C=O) groups is 1. The van der Waals surface area contributed by atoms with Crippen molar-refractivity contribution in [3.63, 3.8) is 0 Å². The Morgan fingerprint density at radius 1 is 1.52 bits per heavy atom. The number of hydrogen-bond acceptors (Lipinski definition) is 5. The third kappa shape index (κ3) is 5.07. The van der Waals surface area contributed by atoms with E-state index in [-0.39, 0.29) is 12.5 Å². The molecule has 0 aliphatic carbocycles.